The van der Waals surface area contributed by atoms with Crippen LogP contribution in [0.1, 0.15) is 30.0 Å². The molecule has 1 aliphatic heterocycles. The number of para-hydroxylation sites is 1. The summed E-state index contributed by atoms with van der Waals surface area (Å²) in [7, 11) is 1.90. The van der Waals surface area contributed by atoms with Gasteiger partial charge in [-0.2, -0.15) is 0 Å². The van der Waals surface area contributed by atoms with Crippen molar-refractivity contribution in [3.05, 3.63) is 53.6 Å². The number of likely N-dealkylation sites (N-methyl/N-ethyl adjacent to an activating group) is 1. The van der Waals surface area contributed by atoms with Crippen molar-refractivity contribution >= 4 is 11.6 Å². The van der Waals surface area contributed by atoms with Crippen molar-refractivity contribution in [2.24, 2.45) is 0 Å². The largest absolute Gasteiger partial charge is 0.486 e. The molecule has 5 nitrogen and oxygen atoms in total. The summed E-state index contributed by atoms with van der Waals surface area (Å²) in [6, 6.07) is 14.3. The van der Waals surface area contributed by atoms with Crippen molar-refractivity contribution in [3.63, 3.8) is 0 Å². The molecule has 1 atom stereocenters. The van der Waals surface area contributed by atoms with Gasteiger partial charge >= 0.3 is 0 Å². The van der Waals surface area contributed by atoms with Crippen LogP contribution in [0, 0.1) is 0 Å². The molecule has 0 radical (unpaired) electrons. The molecule has 1 heterocycles. The maximum absolute atomic E-state index is 12.8. The molecule has 0 saturated heterocycles. The minimum Gasteiger partial charge on any atom is -0.486 e. The van der Waals surface area contributed by atoms with Crippen LogP contribution in [0.25, 0.3) is 0 Å². The molecule has 1 N–H and O–H groups in total. The number of carbonyl (C=O) groups excluding carboxylic acids is 1. The number of amides is 1. The van der Waals surface area contributed by atoms with E-state index in [4.69, 9.17) is 9.47 Å². The number of nitrogens with one attached hydrogen (secondary N) is 1. The van der Waals surface area contributed by atoms with E-state index in [1.807, 2.05) is 30.1 Å². The Morgan fingerprint density at radius 1 is 1.15 bits per heavy atom. The summed E-state index contributed by atoms with van der Waals surface area (Å²) in [5.41, 5.74) is 3.44. The molecule has 26 heavy (non-hydrogen) atoms. The zero-order valence-electron chi connectivity index (χ0n) is 15.0. The highest BCUT2D eigenvalue weighted by Gasteiger charge is 2.26. The van der Waals surface area contributed by atoms with Crippen molar-refractivity contribution in [3.8, 4) is 11.5 Å². The second-order valence-corrected chi connectivity index (χ2v) is 6.79. The second kappa shape index (κ2) is 7.28. The monoisotopic (exact) mass is 352 g/mol. The molecule has 4 rings (SSSR count). The molecule has 0 aromatic heterocycles. The summed E-state index contributed by atoms with van der Waals surface area (Å²) in [5, 5.41) is 3.22. The van der Waals surface area contributed by atoms with E-state index in [2.05, 4.69) is 29.6 Å². The number of hydrogen-bond donors (Lipinski definition) is 1. The number of rotatable bonds is 4. The highest BCUT2D eigenvalue weighted by molar-refractivity contribution is 5.82. The molecule has 0 bridgehead atoms. The number of hydrogen-bond acceptors (Lipinski definition) is 4. The van der Waals surface area contributed by atoms with E-state index < -0.39 is 0 Å². The predicted molar refractivity (Wildman–Crippen MR) is 101 cm³/mol. The number of nitrogens with zero attached hydrogens (tertiary/aromatic N) is 1. The van der Waals surface area contributed by atoms with Gasteiger partial charge in [0.1, 0.15) is 13.2 Å². The predicted octanol–water partition coefficient (Wildman–Crippen LogP) is 3.41. The first kappa shape index (κ1) is 16.8. The maximum atomic E-state index is 12.8. The summed E-state index contributed by atoms with van der Waals surface area (Å²) in [6.45, 7) is 1.31. The summed E-state index contributed by atoms with van der Waals surface area (Å²) < 4.78 is 11.3. The van der Waals surface area contributed by atoms with Crippen molar-refractivity contribution in [1.29, 1.82) is 0 Å². The summed E-state index contributed by atoms with van der Waals surface area (Å²) in [5.74, 6) is 1.49. The molecule has 2 aromatic carbocycles. The second-order valence-electron chi connectivity index (χ2n) is 6.79. The number of benzene rings is 2. The van der Waals surface area contributed by atoms with Crippen LogP contribution in [-0.4, -0.2) is 37.6 Å². The normalized spacial score (nSPS) is 18.0. The van der Waals surface area contributed by atoms with E-state index in [-0.39, 0.29) is 18.5 Å². The van der Waals surface area contributed by atoms with Crippen LogP contribution in [0.3, 0.4) is 0 Å². The lowest BCUT2D eigenvalue weighted by Crippen LogP contribution is -2.37. The van der Waals surface area contributed by atoms with Crippen LogP contribution in [0.4, 0.5) is 5.69 Å². The molecule has 1 aliphatic carbocycles. The van der Waals surface area contributed by atoms with Crippen molar-refractivity contribution < 1.29 is 14.3 Å². The van der Waals surface area contributed by atoms with Gasteiger partial charge in [0.05, 0.1) is 18.3 Å². The Bertz CT molecular complexity index is 806. The average Bonchev–Trinajstić information content (AvgIpc) is 2.71. The number of ether oxygens (including phenoxy) is 2. The van der Waals surface area contributed by atoms with Gasteiger partial charge in [-0.05, 0) is 42.5 Å². The zero-order chi connectivity index (χ0) is 17.9. The van der Waals surface area contributed by atoms with Gasteiger partial charge in [-0.1, -0.05) is 30.3 Å². The quantitative estimate of drug-likeness (QED) is 0.916. The first-order valence-corrected chi connectivity index (χ1v) is 9.20. The Kier molecular flexibility index (Phi) is 4.69. The van der Waals surface area contributed by atoms with Gasteiger partial charge in [-0.25, -0.2) is 0 Å². The van der Waals surface area contributed by atoms with E-state index in [1.165, 1.54) is 11.1 Å². The van der Waals surface area contributed by atoms with E-state index in [9.17, 15) is 4.79 Å². The van der Waals surface area contributed by atoms with Gasteiger partial charge in [-0.3, -0.25) is 4.79 Å². The molecular weight excluding hydrogens is 328 g/mol. The zero-order valence-corrected chi connectivity index (χ0v) is 15.0. The van der Waals surface area contributed by atoms with Crippen LogP contribution >= 0.6 is 0 Å². The third kappa shape index (κ3) is 3.21. The van der Waals surface area contributed by atoms with Crippen LogP contribution in [-0.2, 0) is 11.2 Å². The van der Waals surface area contributed by atoms with Crippen molar-refractivity contribution in [1.82, 2.24) is 4.90 Å². The lowest BCUT2D eigenvalue weighted by Gasteiger charge is -2.33. The fourth-order valence-electron chi connectivity index (χ4n) is 3.81. The van der Waals surface area contributed by atoms with E-state index in [0.717, 1.165) is 30.7 Å². The number of anilines is 1. The van der Waals surface area contributed by atoms with E-state index in [1.54, 1.807) is 0 Å². The van der Waals surface area contributed by atoms with Crippen LogP contribution in [0.2, 0.25) is 0 Å². The molecule has 0 unspecified atom stereocenters. The third-order valence-electron chi connectivity index (χ3n) is 5.19. The third-order valence-corrected chi connectivity index (χ3v) is 5.19. The first-order valence-electron chi connectivity index (χ1n) is 9.20. The fourth-order valence-corrected chi connectivity index (χ4v) is 3.81. The van der Waals surface area contributed by atoms with Crippen LogP contribution in [0.5, 0.6) is 11.5 Å². The number of carbonyl (C=O) groups is 1. The summed E-state index contributed by atoms with van der Waals surface area (Å²) >= 11 is 0. The molecular formula is C21H24N2O3. The highest BCUT2D eigenvalue weighted by Crippen LogP contribution is 2.37. The maximum Gasteiger partial charge on any atom is 0.242 e. The first-order chi connectivity index (χ1) is 12.7. The van der Waals surface area contributed by atoms with Gasteiger partial charge in [-0.15, -0.1) is 0 Å². The average molecular weight is 352 g/mol. The molecule has 2 aromatic rings. The standard InChI is InChI=1S/C21H24N2O3/c1-23(18-10-4-7-15-6-2-3-8-16(15)18)20(24)14-22-17-9-5-11-19-21(17)26-13-12-25-19/h2-3,5-6,8-9,11,18,22H,4,7,10,12-14H2,1H3/t18-/m1/s1. The van der Waals surface area contributed by atoms with Crippen LogP contribution < -0.4 is 14.8 Å². The van der Waals surface area contributed by atoms with Gasteiger partial charge < -0.3 is 19.7 Å². The van der Waals surface area contributed by atoms with Crippen LogP contribution in [0.15, 0.2) is 42.5 Å². The SMILES string of the molecule is CN(C(=O)CNc1cccc2c1OCCO2)[C@@H]1CCCc2ccccc21. The minimum atomic E-state index is 0.0704. The Morgan fingerprint density at radius 3 is 2.92 bits per heavy atom. The fraction of sp³-hybridized carbons (Fsp3) is 0.381. The molecule has 0 fully saturated rings. The van der Waals surface area contributed by atoms with Gasteiger partial charge in [0.25, 0.3) is 0 Å². The minimum absolute atomic E-state index is 0.0704. The topological polar surface area (TPSA) is 50.8 Å². The Hall–Kier alpha value is -2.69. The Labute approximate surface area is 153 Å². The number of aryl methyl sites for hydroxylation is 1. The molecule has 0 saturated carbocycles. The van der Waals surface area contributed by atoms with Crippen molar-refractivity contribution in [2.45, 2.75) is 25.3 Å². The lowest BCUT2D eigenvalue weighted by atomic mass is 9.87. The van der Waals surface area contributed by atoms with Gasteiger partial charge in [0, 0.05) is 7.05 Å². The molecule has 1 amide bonds. The molecule has 0 spiro atoms. The molecule has 5 heteroatoms. The smallest absolute Gasteiger partial charge is 0.242 e. The number of fused-ring (bicyclic) bond motifs is 2. The van der Waals surface area contributed by atoms with Crippen molar-refractivity contribution in [2.75, 3.05) is 32.1 Å². The summed E-state index contributed by atoms with van der Waals surface area (Å²) in [6.07, 6.45) is 3.22. The van der Waals surface area contributed by atoms with E-state index >= 15 is 0 Å². The Morgan fingerprint density at radius 2 is 2.00 bits per heavy atom. The van der Waals surface area contributed by atoms with Gasteiger partial charge in [0.2, 0.25) is 5.91 Å². The lowest BCUT2D eigenvalue weighted by molar-refractivity contribution is -0.130. The van der Waals surface area contributed by atoms with Gasteiger partial charge in [0.15, 0.2) is 11.5 Å². The highest BCUT2D eigenvalue weighted by atomic mass is 16.6. The van der Waals surface area contributed by atoms with E-state index in [0.29, 0.717) is 19.0 Å². The molecule has 136 valence electrons. The Balaban J connectivity index is 1.45. The molecule has 2 aliphatic rings. The summed E-state index contributed by atoms with van der Waals surface area (Å²) in [4.78, 5) is 14.7.